The Labute approximate surface area is 95.3 Å². The van der Waals surface area contributed by atoms with Crippen LogP contribution in [0.5, 0.6) is 0 Å². The van der Waals surface area contributed by atoms with Gasteiger partial charge in [-0.1, -0.05) is 36.4 Å². The van der Waals surface area contributed by atoms with Gasteiger partial charge in [0.25, 0.3) is 0 Å². The molecule has 0 saturated carbocycles. The van der Waals surface area contributed by atoms with Gasteiger partial charge in [0.1, 0.15) is 0 Å². The van der Waals surface area contributed by atoms with Gasteiger partial charge < -0.3 is 0 Å². The highest BCUT2D eigenvalue weighted by Crippen LogP contribution is 2.20. The van der Waals surface area contributed by atoms with E-state index in [4.69, 9.17) is 0 Å². The summed E-state index contributed by atoms with van der Waals surface area (Å²) in [4.78, 5) is 5.27. The average molecular weight is 266 g/mol. The van der Waals surface area contributed by atoms with E-state index >= 15 is 0 Å². The van der Waals surface area contributed by atoms with Crippen molar-refractivity contribution in [2.24, 2.45) is 0 Å². The fourth-order valence-electron chi connectivity index (χ4n) is 1.08. The minimum absolute atomic E-state index is 0.921. The summed E-state index contributed by atoms with van der Waals surface area (Å²) >= 11 is 4.96. The van der Waals surface area contributed by atoms with Crippen molar-refractivity contribution < 1.29 is 0 Å². The van der Waals surface area contributed by atoms with Crippen LogP contribution in [0, 0.1) is 0 Å². The molecule has 0 atom stereocenters. The molecule has 0 spiro atoms. The lowest BCUT2D eigenvalue weighted by molar-refractivity contribution is 1.38. The molecule has 14 heavy (non-hydrogen) atoms. The molecule has 1 heterocycles. The number of hydrogen-bond acceptors (Lipinski definition) is 2. The SMILES string of the molecule is Brc1ncc(/C=C/c2ccccc2)s1. The summed E-state index contributed by atoms with van der Waals surface area (Å²) < 4.78 is 0.921. The summed E-state index contributed by atoms with van der Waals surface area (Å²) in [6, 6.07) is 10.2. The summed E-state index contributed by atoms with van der Waals surface area (Å²) in [5, 5.41) is 0. The smallest absolute Gasteiger partial charge is 0.159 e. The summed E-state index contributed by atoms with van der Waals surface area (Å²) in [7, 11) is 0. The lowest BCUT2D eigenvalue weighted by atomic mass is 10.2. The van der Waals surface area contributed by atoms with Gasteiger partial charge >= 0.3 is 0 Å². The van der Waals surface area contributed by atoms with Crippen molar-refractivity contribution in [3.05, 3.63) is 50.9 Å². The molecule has 0 unspecified atom stereocenters. The van der Waals surface area contributed by atoms with Crippen LogP contribution in [0.4, 0.5) is 0 Å². The second-order valence-corrected chi connectivity index (χ2v) is 5.10. The molecule has 70 valence electrons. The Kier molecular flexibility index (Phi) is 3.11. The highest BCUT2D eigenvalue weighted by atomic mass is 79.9. The van der Waals surface area contributed by atoms with Crippen LogP contribution in [0.2, 0.25) is 0 Å². The van der Waals surface area contributed by atoms with Crippen molar-refractivity contribution in [3.8, 4) is 0 Å². The van der Waals surface area contributed by atoms with Crippen LogP contribution < -0.4 is 0 Å². The number of nitrogens with zero attached hydrogens (tertiary/aromatic N) is 1. The fourth-order valence-corrected chi connectivity index (χ4v) is 2.29. The zero-order chi connectivity index (χ0) is 9.80. The van der Waals surface area contributed by atoms with E-state index in [1.165, 1.54) is 5.56 Å². The third-order valence-corrected chi connectivity index (χ3v) is 3.18. The Morgan fingerprint density at radius 1 is 1.14 bits per heavy atom. The molecule has 0 aliphatic rings. The minimum atomic E-state index is 0.921. The van der Waals surface area contributed by atoms with E-state index in [-0.39, 0.29) is 0 Å². The maximum atomic E-state index is 4.11. The van der Waals surface area contributed by atoms with Crippen molar-refractivity contribution in [1.29, 1.82) is 0 Å². The summed E-state index contributed by atoms with van der Waals surface area (Å²) in [6.45, 7) is 0. The molecule has 0 N–H and O–H groups in total. The Balaban J connectivity index is 2.15. The summed E-state index contributed by atoms with van der Waals surface area (Å²) in [6.07, 6.45) is 6.01. The van der Waals surface area contributed by atoms with Gasteiger partial charge in [-0.25, -0.2) is 4.98 Å². The topological polar surface area (TPSA) is 12.9 Å². The fraction of sp³-hybridized carbons (Fsp3) is 0. The van der Waals surface area contributed by atoms with Gasteiger partial charge in [-0.05, 0) is 27.6 Å². The number of halogens is 1. The van der Waals surface area contributed by atoms with Gasteiger partial charge in [-0.3, -0.25) is 0 Å². The zero-order valence-corrected chi connectivity index (χ0v) is 9.75. The van der Waals surface area contributed by atoms with Crippen molar-refractivity contribution in [2.45, 2.75) is 0 Å². The monoisotopic (exact) mass is 265 g/mol. The van der Waals surface area contributed by atoms with Crippen LogP contribution in [-0.2, 0) is 0 Å². The first-order chi connectivity index (χ1) is 6.84. The van der Waals surface area contributed by atoms with Crippen LogP contribution in [0.15, 0.2) is 40.4 Å². The van der Waals surface area contributed by atoms with E-state index in [9.17, 15) is 0 Å². The first-order valence-corrected chi connectivity index (χ1v) is 5.80. The molecule has 0 radical (unpaired) electrons. The van der Waals surface area contributed by atoms with Gasteiger partial charge in [-0.15, -0.1) is 11.3 Å². The lowest BCUT2D eigenvalue weighted by Gasteiger charge is -1.89. The third-order valence-electron chi connectivity index (χ3n) is 1.73. The van der Waals surface area contributed by atoms with Crippen LogP contribution in [0.1, 0.15) is 10.4 Å². The number of thiazole rings is 1. The van der Waals surface area contributed by atoms with Crippen LogP contribution in [0.3, 0.4) is 0 Å². The highest BCUT2D eigenvalue weighted by Gasteiger charge is 1.93. The van der Waals surface area contributed by atoms with E-state index in [0.717, 1.165) is 8.79 Å². The molecule has 0 aliphatic carbocycles. The largest absolute Gasteiger partial charge is 0.237 e. The third kappa shape index (κ3) is 2.53. The highest BCUT2D eigenvalue weighted by molar-refractivity contribution is 9.11. The molecular formula is C11H8BrNS. The minimum Gasteiger partial charge on any atom is -0.237 e. The van der Waals surface area contributed by atoms with Gasteiger partial charge in [-0.2, -0.15) is 0 Å². The van der Waals surface area contributed by atoms with Gasteiger partial charge in [0.05, 0.1) is 0 Å². The Morgan fingerprint density at radius 3 is 2.57 bits per heavy atom. The predicted octanol–water partition coefficient (Wildman–Crippen LogP) is 4.08. The van der Waals surface area contributed by atoms with Crippen molar-refractivity contribution >= 4 is 39.4 Å². The maximum Gasteiger partial charge on any atom is 0.159 e. The molecule has 0 aliphatic heterocycles. The number of hydrogen-bond donors (Lipinski definition) is 0. The van der Waals surface area contributed by atoms with Crippen molar-refractivity contribution in [2.75, 3.05) is 0 Å². The van der Waals surface area contributed by atoms with Gasteiger partial charge in [0.2, 0.25) is 0 Å². The van der Waals surface area contributed by atoms with Gasteiger partial charge in [0.15, 0.2) is 3.92 Å². The van der Waals surface area contributed by atoms with E-state index in [2.05, 4.69) is 45.2 Å². The van der Waals surface area contributed by atoms with Crippen molar-refractivity contribution in [1.82, 2.24) is 4.98 Å². The molecule has 0 amide bonds. The Bertz CT molecular complexity index is 434. The Hall–Kier alpha value is -0.930. The quantitative estimate of drug-likeness (QED) is 0.798. The standard InChI is InChI=1S/C11H8BrNS/c12-11-13-8-10(14-11)7-6-9-4-2-1-3-5-9/h1-8H/b7-6+. The molecule has 0 fully saturated rings. The second kappa shape index (κ2) is 4.53. The van der Waals surface area contributed by atoms with E-state index < -0.39 is 0 Å². The van der Waals surface area contributed by atoms with Crippen LogP contribution in [-0.4, -0.2) is 4.98 Å². The molecule has 1 nitrogen and oxygen atoms in total. The first kappa shape index (κ1) is 9.62. The Morgan fingerprint density at radius 2 is 1.93 bits per heavy atom. The molecule has 2 rings (SSSR count). The molecule has 2 aromatic rings. The first-order valence-electron chi connectivity index (χ1n) is 4.19. The van der Waals surface area contributed by atoms with Crippen LogP contribution >= 0.6 is 27.3 Å². The summed E-state index contributed by atoms with van der Waals surface area (Å²) in [5.41, 5.74) is 1.21. The van der Waals surface area contributed by atoms with E-state index in [1.54, 1.807) is 11.3 Å². The average Bonchev–Trinajstić information content (AvgIpc) is 2.63. The van der Waals surface area contributed by atoms with E-state index in [0.29, 0.717) is 0 Å². The van der Waals surface area contributed by atoms with Crippen molar-refractivity contribution in [3.63, 3.8) is 0 Å². The molecule has 0 bridgehead atoms. The second-order valence-electron chi connectivity index (χ2n) is 2.76. The van der Waals surface area contributed by atoms with E-state index in [1.807, 2.05) is 24.4 Å². The predicted molar refractivity (Wildman–Crippen MR) is 65.2 cm³/mol. The molecule has 1 aromatic carbocycles. The van der Waals surface area contributed by atoms with Gasteiger partial charge in [0, 0.05) is 11.1 Å². The summed E-state index contributed by atoms with van der Waals surface area (Å²) in [5.74, 6) is 0. The number of aromatic nitrogens is 1. The number of rotatable bonds is 2. The van der Waals surface area contributed by atoms with Crippen LogP contribution in [0.25, 0.3) is 12.2 Å². The molecule has 3 heteroatoms. The normalized spacial score (nSPS) is 10.9. The lowest BCUT2D eigenvalue weighted by Crippen LogP contribution is -1.67. The molecule has 0 saturated heterocycles. The molecular weight excluding hydrogens is 258 g/mol. The zero-order valence-electron chi connectivity index (χ0n) is 7.35. The molecule has 1 aromatic heterocycles. The maximum absolute atomic E-state index is 4.11. The number of benzene rings is 1.